The second-order valence-corrected chi connectivity index (χ2v) is 7.76. The van der Waals surface area contributed by atoms with Crippen molar-refractivity contribution < 1.29 is 4.74 Å². The first-order valence-corrected chi connectivity index (χ1v) is 10.2. The molecule has 0 bridgehead atoms. The van der Waals surface area contributed by atoms with Gasteiger partial charge in [0.15, 0.2) is 4.77 Å². The predicted molar refractivity (Wildman–Crippen MR) is 116 cm³/mol. The predicted octanol–water partition coefficient (Wildman–Crippen LogP) is 4.85. The van der Waals surface area contributed by atoms with Crippen LogP contribution in [0.1, 0.15) is 30.1 Å². The van der Waals surface area contributed by atoms with Gasteiger partial charge in [0, 0.05) is 36.4 Å². The van der Waals surface area contributed by atoms with Crippen molar-refractivity contribution in [2.24, 2.45) is 0 Å². The van der Waals surface area contributed by atoms with Crippen molar-refractivity contribution >= 4 is 29.5 Å². The number of aromatic nitrogens is 3. The van der Waals surface area contributed by atoms with Crippen LogP contribution >= 0.6 is 23.8 Å². The Bertz CT molecular complexity index is 1110. The number of nitrogens with zero attached hydrogens (tertiary/aromatic N) is 4. The molecule has 0 atom stereocenters. The van der Waals surface area contributed by atoms with Crippen LogP contribution in [0.4, 0.5) is 5.69 Å². The maximum absolute atomic E-state index is 9.02. The summed E-state index contributed by atoms with van der Waals surface area (Å²) in [6.45, 7) is 1.81. The number of nitrogens with one attached hydrogen (secondary N) is 1. The average Bonchev–Trinajstić information content (AvgIpc) is 3.15. The number of nitriles is 1. The molecule has 8 heteroatoms. The summed E-state index contributed by atoms with van der Waals surface area (Å²) < 4.78 is 7.88. The van der Waals surface area contributed by atoms with Crippen LogP contribution in [0.5, 0.6) is 5.75 Å². The molecule has 0 aliphatic carbocycles. The molecule has 0 amide bonds. The van der Waals surface area contributed by atoms with E-state index in [0.717, 1.165) is 43.1 Å². The van der Waals surface area contributed by atoms with Crippen LogP contribution in [0.15, 0.2) is 42.5 Å². The van der Waals surface area contributed by atoms with Crippen LogP contribution in [-0.4, -0.2) is 35.0 Å². The fraction of sp³-hybridized carbons (Fsp3) is 0.286. The number of benzene rings is 2. The van der Waals surface area contributed by atoms with E-state index >= 15 is 0 Å². The molecule has 1 aromatic heterocycles. The molecular weight excluding hydrogens is 406 g/mol. The summed E-state index contributed by atoms with van der Waals surface area (Å²) >= 11 is 11.6. The minimum absolute atomic E-state index is 0.295. The largest absolute Gasteiger partial charge is 0.495 e. The third-order valence-electron chi connectivity index (χ3n) is 5.31. The van der Waals surface area contributed by atoms with Gasteiger partial charge in [-0.3, -0.25) is 9.67 Å². The van der Waals surface area contributed by atoms with Crippen molar-refractivity contribution in [1.29, 1.82) is 5.26 Å². The molecule has 4 rings (SSSR count). The molecule has 1 fully saturated rings. The summed E-state index contributed by atoms with van der Waals surface area (Å²) in [5, 5.41) is 17.1. The smallest absolute Gasteiger partial charge is 0.199 e. The Morgan fingerprint density at radius 1 is 1.17 bits per heavy atom. The number of halogens is 1. The summed E-state index contributed by atoms with van der Waals surface area (Å²) in [5.74, 6) is 1.92. The highest BCUT2D eigenvalue weighted by Crippen LogP contribution is 2.34. The van der Waals surface area contributed by atoms with Gasteiger partial charge in [-0.1, -0.05) is 11.6 Å². The van der Waals surface area contributed by atoms with E-state index in [2.05, 4.69) is 21.2 Å². The summed E-state index contributed by atoms with van der Waals surface area (Å²) in [7, 11) is 1.63. The van der Waals surface area contributed by atoms with Crippen molar-refractivity contribution in [3.63, 3.8) is 0 Å². The summed E-state index contributed by atoms with van der Waals surface area (Å²) in [6.07, 6.45) is 1.92. The van der Waals surface area contributed by atoms with Crippen LogP contribution in [0.2, 0.25) is 5.02 Å². The highest BCUT2D eigenvalue weighted by molar-refractivity contribution is 7.71. The van der Waals surface area contributed by atoms with E-state index in [1.165, 1.54) is 0 Å². The maximum Gasteiger partial charge on any atom is 0.199 e. The van der Waals surface area contributed by atoms with Crippen molar-refractivity contribution in [3.05, 3.63) is 63.6 Å². The molecule has 3 aromatic rings. The lowest BCUT2D eigenvalue weighted by Gasteiger charge is -2.33. The number of H-pyrrole nitrogens is 1. The minimum atomic E-state index is 0.295. The summed E-state index contributed by atoms with van der Waals surface area (Å²) in [5.41, 5.74) is 2.65. The monoisotopic (exact) mass is 425 g/mol. The van der Waals surface area contributed by atoms with Gasteiger partial charge in [-0.15, -0.1) is 0 Å². The Morgan fingerprint density at radius 3 is 2.52 bits per heavy atom. The fourth-order valence-corrected chi connectivity index (χ4v) is 4.20. The number of piperidine rings is 1. The van der Waals surface area contributed by atoms with Gasteiger partial charge in [0.05, 0.1) is 23.8 Å². The standard InChI is InChI=1S/C21H20ClN5OS/c1-28-19-12-17(6-7-18(19)22)26-10-8-15(9-11-26)20-24-25-21(29)27(20)16-4-2-14(13-23)3-5-16/h2-7,12,15H,8-11H2,1H3,(H,25,29). The molecule has 148 valence electrons. The van der Waals surface area contributed by atoms with Crippen LogP contribution in [0, 0.1) is 16.1 Å². The first kappa shape index (κ1) is 19.5. The van der Waals surface area contributed by atoms with E-state index < -0.39 is 0 Å². The zero-order valence-corrected chi connectivity index (χ0v) is 17.5. The Kier molecular flexibility index (Phi) is 5.56. The second-order valence-electron chi connectivity index (χ2n) is 6.96. The lowest BCUT2D eigenvalue weighted by atomic mass is 9.95. The van der Waals surface area contributed by atoms with Gasteiger partial charge in [-0.05, 0) is 61.5 Å². The van der Waals surface area contributed by atoms with Gasteiger partial charge in [-0.2, -0.15) is 10.4 Å². The van der Waals surface area contributed by atoms with Crippen molar-refractivity contribution in [2.75, 3.05) is 25.1 Å². The first-order valence-electron chi connectivity index (χ1n) is 9.37. The highest BCUT2D eigenvalue weighted by Gasteiger charge is 2.26. The molecule has 2 heterocycles. The van der Waals surface area contributed by atoms with Gasteiger partial charge < -0.3 is 9.64 Å². The topological polar surface area (TPSA) is 69.9 Å². The molecular formula is C21H20ClN5OS. The van der Waals surface area contributed by atoms with E-state index in [-0.39, 0.29) is 0 Å². The lowest BCUT2D eigenvalue weighted by molar-refractivity contribution is 0.414. The molecule has 29 heavy (non-hydrogen) atoms. The molecule has 0 spiro atoms. The molecule has 1 N–H and O–H groups in total. The average molecular weight is 426 g/mol. The molecule has 1 aliphatic heterocycles. The number of hydrogen-bond acceptors (Lipinski definition) is 5. The summed E-state index contributed by atoms with van der Waals surface area (Å²) in [6, 6.07) is 15.4. The maximum atomic E-state index is 9.02. The van der Waals surface area contributed by atoms with Gasteiger partial charge in [-0.25, -0.2) is 0 Å². The zero-order chi connectivity index (χ0) is 20.4. The lowest BCUT2D eigenvalue weighted by Crippen LogP contribution is -2.33. The Balaban J connectivity index is 1.54. The third-order valence-corrected chi connectivity index (χ3v) is 5.90. The number of hydrogen-bond donors (Lipinski definition) is 1. The minimum Gasteiger partial charge on any atom is -0.495 e. The molecule has 0 saturated carbocycles. The van der Waals surface area contributed by atoms with Crippen LogP contribution in [-0.2, 0) is 0 Å². The van der Waals surface area contributed by atoms with Crippen molar-refractivity contribution in [1.82, 2.24) is 14.8 Å². The first-order chi connectivity index (χ1) is 14.1. The fourth-order valence-electron chi connectivity index (χ4n) is 3.76. The van der Waals surface area contributed by atoms with Crippen molar-refractivity contribution in [3.8, 4) is 17.5 Å². The van der Waals surface area contributed by atoms with E-state index in [9.17, 15) is 0 Å². The van der Waals surface area contributed by atoms with E-state index in [1.807, 2.05) is 34.9 Å². The third kappa shape index (κ3) is 3.86. The Morgan fingerprint density at radius 2 is 1.86 bits per heavy atom. The molecule has 2 aromatic carbocycles. The number of anilines is 1. The second kappa shape index (κ2) is 8.27. The number of rotatable bonds is 4. The molecule has 0 radical (unpaired) electrons. The molecule has 1 saturated heterocycles. The SMILES string of the molecule is COc1cc(N2CCC(c3n[nH]c(=S)n3-c3ccc(C#N)cc3)CC2)ccc1Cl. The van der Waals surface area contributed by atoms with Crippen LogP contribution in [0.25, 0.3) is 5.69 Å². The van der Waals surface area contributed by atoms with Gasteiger partial charge >= 0.3 is 0 Å². The Hall–Kier alpha value is -2.82. The molecule has 1 aliphatic rings. The molecule has 0 unspecified atom stereocenters. The zero-order valence-electron chi connectivity index (χ0n) is 15.9. The van der Waals surface area contributed by atoms with E-state index in [0.29, 0.717) is 27.0 Å². The van der Waals surface area contributed by atoms with Gasteiger partial charge in [0.25, 0.3) is 0 Å². The number of methoxy groups -OCH3 is 1. The quantitative estimate of drug-likeness (QED) is 0.605. The van der Waals surface area contributed by atoms with E-state index in [1.54, 1.807) is 19.2 Å². The normalized spacial score (nSPS) is 14.6. The molecule has 6 nitrogen and oxygen atoms in total. The summed E-state index contributed by atoms with van der Waals surface area (Å²) in [4.78, 5) is 2.34. The van der Waals surface area contributed by atoms with Crippen LogP contribution < -0.4 is 9.64 Å². The van der Waals surface area contributed by atoms with Crippen molar-refractivity contribution in [2.45, 2.75) is 18.8 Å². The Labute approximate surface area is 179 Å². The van der Waals surface area contributed by atoms with Crippen LogP contribution in [0.3, 0.4) is 0 Å². The van der Waals surface area contributed by atoms with Gasteiger partial charge in [0.1, 0.15) is 11.6 Å². The van der Waals surface area contributed by atoms with E-state index in [4.69, 9.17) is 33.8 Å². The number of ether oxygens (including phenoxy) is 1. The highest BCUT2D eigenvalue weighted by atomic mass is 35.5. The van der Waals surface area contributed by atoms with Gasteiger partial charge in [0.2, 0.25) is 0 Å². The number of aromatic amines is 1.